The number of ether oxygens (including phenoxy) is 1. The molecule has 20 heavy (non-hydrogen) atoms. The van der Waals surface area contributed by atoms with Crippen LogP contribution in [-0.2, 0) is 0 Å². The topological polar surface area (TPSA) is 107 Å². The normalized spacial score (nSPS) is 10.2. The molecule has 0 aliphatic carbocycles. The molecule has 1 heterocycles. The van der Waals surface area contributed by atoms with E-state index in [9.17, 15) is 14.9 Å². The molecule has 0 aliphatic heterocycles. The maximum atomic E-state index is 11.2. The van der Waals surface area contributed by atoms with E-state index in [1.54, 1.807) is 13.0 Å². The Kier molecular flexibility index (Phi) is 3.65. The quantitative estimate of drug-likeness (QED) is 0.660. The van der Waals surface area contributed by atoms with Crippen LogP contribution in [0, 0.1) is 10.1 Å². The summed E-state index contributed by atoms with van der Waals surface area (Å²) in [7, 11) is 0. The Bertz CT molecular complexity index is 665. The van der Waals surface area contributed by atoms with Crippen molar-refractivity contribution in [3.05, 3.63) is 46.3 Å². The van der Waals surface area contributed by atoms with E-state index in [-0.39, 0.29) is 29.4 Å². The van der Waals surface area contributed by atoms with Crippen molar-refractivity contribution in [2.24, 2.45) is 0 Å². The predicted molar refractivity (Wildman–Crippen MR) is 68.3 cm³/mol. The van der Waals surface area contributed by atoms with Gasteiger partial charge in [0.2, 0.25) is 0 Å². The zero-order chi connectivity index (χ0) is 14.7. The fourth-order valence-electron chi connectivity index (χ4n) is 1.72. The molecule has 0 fully saturated rings. The second-order valence-electron chi connectivity index (χ2n) is 3.76. The lowest BCUT2D eigenvalue weighted by molar-refractivity contribution is -0.385. The lowest BCUT2D eigenvalue weighted by Gasteiger charge is -2.08. The molecule has 0 bridgehead atoms. The highest BCUT2D eigenvalue weighted by molar-refractivity contribution is 5.85. The van der Waals surface area contributed by atoms with Gasteiger partial charge in [-0.3, -0.25) is 10.1 Å². The van der Waals surface area contributed by atoms with E-state index in [1.165, 1.54) is 24.4 Å². The van der Waals surface area contributed by atoms with Crippen LogP contribution in [0.2, 0.25) is 0 Å². The van der Waals surface area contributed by atoms with Gasteiger partial charge in [0.15, 0.2) is 11.4 Å². The van der Waals surface area contributed by atoms with Crippen LogP contribution in [0.5, 0.6) is 5.75 Å². The molecule has 0 spiro atoms. The highest BCUT2D eigenvalue weighted by Crippen LogP contribution is 2.33. The number of hydrogen-bond donors (Lipinski definition) is 1. The van der Waals surface area contributed by atoms with E-state index in [2.05, 4.69) is 5.10 Å². The molecule has 0 unspecified atom stereocenters. The standard InChI is InChI=1S/C12H11N3O5/c1-2-20-10-5-3-4-9(11(10)15(18)19)14-7-6-8(13-14)12(16)17/h3-7H,2H2,1H3,(H,16,17). The third-order valence-electron chi connectivity index (χ3n) is 2.52. The zero-order valence-corrected chi connectivity index (χ0v) is 10.5. The molecular formula is C12H11N3O5. The summed E-state index contributed by atoms with van der Waals surface area (Å²) in [4.78, 5) is 21.4. The van der Waals surface area contributed by atoms with Gasteiger partial charge in [0.1, 0.15) is 5.69 Å². The van der Waals surface area contributed by atoms with Gasteiger partial charge in [-0.1, -0.05) is 6.07 Å². The summed E-state index contributed by atoms with van der Waals surface area (Å²) in [5.74, 6) is -1.09. The first-order chi connectivity index (χ1) is 9.54. The van der Waals surface area contributed by atoms with Crippen LogP contribution in [0.4, 0.5) is 5.69 Å². The van der Waals surface area contributed by atoms with Crippen molar-refractivity contribution in [1.82, 2.24) is 9.78 Å². The van der Waals surface area contributed by atoms with Crippen LogP contribution in [0.3, 0.4) is 0 Å². The summed E-state index contributed by atoms with van der Waals surface area (Å²) in [5, 5.41) is 23.8. The highest BCUT2D eigenvalue weighted by Gasteiger charge is 2.23. The van der Waals surface area contributed by atoms with Crippen LogP contribution >= 0.6 is 0 Å². The van der Waals surface area contributed by atoms with Gasteiger partial charge in [0.25, 0.3) is 0 Å². The number of nitro benzene ring substituents is 1. The molecule has 8 nitrogen and oxygen atoms in total. The molecule has 0 atom stereocenters. The maximum Gasteiger partial charge on any atom is 0.356 e. The number of nitro groups is 1. The molecule has 1 aromatic heterocycles. The fraction of sp³-hybridized carbons (Fsp3) is 0.167. The molecule has 0 radical (unpaired) electrons. The van der Waals surface area contributed by atoms with Gasteiger partial charge in [-0.25, -0.2) is 9.48 Å². The van der Waals surface area contributed by atoms with Gasteiger partial charge in [0.05, 0.1) is 11.5 Å². The fourth-order valence-corrected chi connectivity index (χ4v) is 1.72. The van der Waals surface area contributed by atoms with Gasteiger partial charge < -0.3 is 9.84 Å². The van der Waals surface area contributed by atoms with E-state index in [1.807, 2.05) is 0 Å². The minimum atomic E-state index is -1.20. The van der Waals surface area contributed by atoms with Crippen molar-refractivity contribution in [2.75, 3.05) is 6.61 Å². The first-order valence-corrected chi connectivity index (χ1v) is 5.74. The average molecular weight is 277 g/mol. The number of nitrogens with zero attached hydrogens (tertiary/aromatic N) is 3. The summed E-state index contributed by atoms with van der Waals surface area (Å²) in [6.07, 6.45) is 1.35. The Hall–Kier alpha value is -2.90. The minimum Gasteiger partial charge on any atom is -0.487 e. The van der Waals surface area contributed by atoms with E-state index in [0.717, 1.165) is 4.68 Å². The van der Waals surface area contributed by atoms with E-state index in [0.29, 0.717) is 0 Å². The molecule has 0 aliphatic rings. The van der Waals surface area contributed by atoms with Crippen molar-refractivity contribution in [2.45, 2.75) is 6.92 Å². The average Bonchev–Trinajstić information content (AvgIpc) is 2.88. The predicted octanol–water partition coefficient (Wildman–Crippen LogP) is 1.88. The number of para-hydroxylation sites is 1. The van der Waals surface area contributed by atoms with Gasteiger partial charge >= 0.3 is 11.7 Å². The van der Waals surface area contributed by atoms with Crippen LogP contribution < -0.4 is 4.74 Å². The minimum absolute atomic E-state index is 0.113. The molecule has 8 heteroatoms. The number of benzene rings is 1. The van der Waals surface area contributed by atoms with Crippen LogP contribution in [0.1, 0.15) is 17.4 Å². The Morgan fingerprint density at radius 1 is 1.50 bits per heavy atom. The Labute approximate surface area is 113 Å². The largest absolute Gasteiger partial charge is 0.487 e. The van der Waals surface area contributed by atoms with Crippen molar-refractivity contribution in [3.8, 4) is 11.4 Å². The molecule has 0 saturated heterocycles. The molecule has 1 N–H and O–H groups in total. The first-order valence-electron chi connectivity index (χ1n) is 5.74. The van der Waals surface area contributed by atoms with Gasteiger partial charge in [-0.15, -0.1) is 0 Å². The number of aromatic carboxylic acids is 1. The maximum absolute atomic E-state index is 11.2. The molecule has 2 rings (SSSR count). The van der Waals surface area contributed by atoms with Crippen molar-refractivity contribution in [3.63, 3.8) is 0 Å². The van der Waals surface area contributed by atoms with Crippen LogP contribution in [0.15, 0.2) is 30.5 Å². The number of carboxylic acids is 1. The molecule has 0 saturated carbocycles. The molecule has 1 aromatic carbocycles. The Morgan fingerprint density at radius 3 is 2.80 bits per heavy atom. The number of carbonyl (C=O) groups is 1. The highest BCUT2D eigenvalue weighted by atomic mass is 16.6. The van der Waals surface area contributed by atoms with E-state index < -0.39 is 10.9 Å². The van der Waals surface area contributed by atoms with Crippen LogP contribution in [0.25, 0.3) is 5.69 Å². The molecular weight excluding hydrogens is 266 g/mol. The SMILES string of the molecule is CCOc1cccc(-n2ccc(C(=O)O)n2)c1[N+](=O)[O-]. The number of rotatable bonds is 5. The third-order valence-corrected chi connectivity index (χ3v) is 2.52. The summed E-state index contributed by atoms with van der Waals surface area (Å²) in [5.41, 5.74) is -0.302. The molecule has 2 aromatic rings. The van der Waals surface area contributed by atoms with Crippen molar-refractivity contribution < 1.29 is 19.6 Å². The van der Waals surface area contributed by atoms with E-state index in [4.69, 9.17) is 9.84 Å². The molecule has 104 valence electrons. The lowest BCUT2D eigenvalue weighted by atomic mass is 10.2. The summed E-state index contributed by atoms with van der Waals surface area (Å²) in [6, 6.07) is 5.79. The van der Waals surface area contributed by atoms with Gasteiger partial charge in [-0.05, 0) is 25.1 Å². The van der Waals surface area contributed by atoms with Crippen molar-refractivity contribution >= 4 is 11.7 Å². The van der Waals surface area contributed by atoms with Crippen molar-refractivity contribution in [1.29, 1.82) is 0 Å². The Morgan fingerprint density at radius 2 is 2.25 bits per heavy atom. The summed E-state index contributed by atoms with van der Waals surface area (Å²) >= 11 is 0. The second kappa shape index (κ2) is 5.39. The number of carboxylic acid groups (broad SMARTS) is 1. The second-order valence-corrected chi connectivity index (χ2v) is 3.76. The number of hydrogen-bond acceptors (Lipinski definition) is 5. The van der Waals surface area contributed by atoms with E-state index >= 15 is 0 Å². The lowest BCUT2D eigenvalue weighted by Crippen LogP contribution is -2.05. The smallest absolute Gasteiger partial charge is 0.356 e. The zero-order valence-electron chi connectivity index (χ0n) is 10.5. The van der Waals surface area contributed by atoms with Crippen LogP contribution in [-0.4, -0.2) is 32.4 Å². The third kappa shape index (κ3) is 2.44. The first kappa shape index (κ1) is 13.5. The monoisotopic (exact) mass is 277 g/mol. The summed E-state index contributed by atoms with van der Waals surface area (Å²) < 4.78 is 6.36. The number of aromatic nitrogens is 2. The molecule has 0 amide bonds. The van der Waals surface area contributed by atoms with Gasteiger partial charge in [0, 0.05) is 6.20 Å². The summed E-state index contributed by atoms with van der Waals surface area (Å²) in [6.45, 7) is 2.00. The Balaban J connectivity index is 2.57. The van der Waals surface area contributed by atoms with Gasteiger partial charge in [-0.2, -0.15) is 5.10 Å².